The number of piperidine rings is 1. The molecule has 1 N–H and O–H groups in total. The summed E-state index contributed by atoms with van der Waals surface area (Å²) in [5, 5.41) is 21.8. The molecule has 1 aliphatic carbocycles. The Bertz CT molecular complexity index is 875. The molecule has 2 aromatic heterocycles. The smallest absolute Gasteiger partial charge is 0.0923 e. The summed E-state index contributed by atoms with van der Waals surface area (Å²) in [5.74, 6) is 0.582. The predicted molar refractivity (Wildman–Crippen MR) is 106 cm³/mol. The highest BCUT2D eigenvalue weighted by Gasteiger charge is 2.37. The van der Waals surface area contributed by atoms with E-state index in [1.165, 1.54) is 23.3 Å². The number of hydrogen-bond donors (Lipinski definition) is 1. The zero-order valence-electron chi connectivity index (χ0n) is 15.2. The van der Waals surface area contributed by atoms with Gasteiger partial charge in [-0.25, -0.2) is 4.68 Å². The van der Waals surface area contributed by atoms with Crippen molar-refractivity contribution in [1.29, 1.82) is 0 Å². The lowest BCUT2D eigenvalue weighted by Gasteiger charge is -2.42. The summed E-state index contributed by atoms with van der Waals surface area (Å²) in [6.07, 6.45) is 4.76. The molecule has 6 heteroatoms. The highest BCUT2D eigenvalue weighted by Crippen LogP contribution is 2.40. The summed E-state index contributed by atoms with van der Waals surface area (Å²) in [6.45, 7) is 1.66. The molecule has 1 saturated carbocycles. The van der Waals surface area contributed by atoms with Crippen molar-refractivity contribution in [3.63, 3.8) is 0 Å². The molecule has 140 valence electrons. The van der Waals surface area contributed by atoms with Gasteiger partial charge in [-0.15, -0.1) is 16.4 Å². The predicted octanol–water partition coefficient (Wildman–Crippen LogP) is 3.77. The average molecular weight is 381 g/mol. The van der Waals surface area contributed by atoms with Gasteiger partial charge in [0, 0.05) is 36.1 Å². The van der Waals surface area contributed by atoms with Gasteiger partial charge in [-0.05, 0) is 36.3 Å². The number of rotatable bonds is 5. The molecule has 2 aliphatic rings. The van der Waals surface area contributed by atoms with Gasteiger partial charge in [0.05, 0.1) is 17.8 Å². The molecule has 27 heavy (non-hydrogen) atoms. The molecule has 0 unspecified atom stereocenters. The fourth-order valence-corrected chi connectivity index (χ4v) is 4.83. The van der Waals surface area contributed by atoms with Crippen LogP contribution in [0.15, 0.2) is 54.0 Å². The van der Waals surface area contributed by atoms with Crippen LogP contribution in [0.5, 0.6) is 0 Å². The third kappa shape index (κ3) is 3.57. The first-order valence-electron chi connectivity index (χ1n) is 9.69. The summed E-state index contributed by atoms with van der Waals surface area (Å²) >= 11 is 1.79. The van der Waals surface area contributed by atoms with E-state index in [1.54, 1.807) is 11.3 Å². The Morgan fingerprint density at radius 1 is 1.11 bits per heavy atom. The average Bonchev–Trinajstić information content (AvgIpc) is 3.20. The molecule has 2 fully saturated rings. The van der Waals surface area contributed by atoms with E-state index in [2.05, 4.69) is 63.2 Å². The van der Waals surface area contributed by atoms with E-state index in [-0.39, 0.29) is 12.1 Å². The van der Waals surface area contributed by atoms with Gasteiger partial charge in [-0.2, -0.15) is 0 Å². The summed E-state index contributed by atoms with van der Waals surface area (Å²) in [6, 6.07) is 15.0. The van der Waals surface area contributed by atoms with Crippen molar-refractivity contribution in [2.75, 3.05) is 6.54 Å². The van der Waals surface area contributed by atoms with Crippen molar-refractivity contribution in [1.82, 2.24) is 19.9 Å². The van der Waals surface area contributed by atoms with Crippen LogP contribution in [0.1, 0.15) is 53.4 Å². The summed E-state index contributed by atoms with van der Waals surface area (Å²) in [4.78, 5) is 3.83. The van der Waals surface area contributed by atoms with Gasteiger partial charge in [0.1, 0.15) is 0 Å². The number of aliphatic hydroxyl groups is 1. The minimum absolute atomic E-state index is 0.0510. The molecular formula is C21H24N4OS. The van der Waals surface area contributed by atoms with Crippen LogP contribution in [0.25, 0.3) is 0 Å². The highest BCUT2D eigenvalue weighted by atomic mass is 32.1. The van der Waals surface area contributed by atoms with Crippen LogP contribution in [0.2, 0.25) is 0 Å². The fraction of sp³-hybridized carbons (Fsp3) is 0.429. The van der Waals surface area contributed by atoms with Gasteiger partial charge < -0.3 is 5.11 Å². The zero-order chi connectivity index (χ0) is 18.2. The Labute approximate surface area is 163 Å². The molecule has 5 nitrogen and oxygen atoms in total. The Morgan fingerprint density at radius 3 is 2.70 bits per heavy atom. The van der Waals surface area contributed by atoms with E-state index in [0.717, 1.165) is 18.8 Å². The quantitative estimate of drug-likeness (QED) is 0.732. The van der Waals surface area contributed by atoms with E-state index < -0.39 is 6.10 Å². The van der Waals surface area contributed by atoms with Crippen molar-refractivity contribution in [2.24, 2.45) is 0 Å². The molecule has 1 aromatic carbocycles. The molecule has 5 rings (SSSR count). The Morgan fingerprint density at radius 2 is 1.96 bits per heavy atom. The van der Waals surface area contributed by atoms with Crippen LogP contribution in [0.4, 0.5) is 0 Å². The zero-order valence-corrected chi connectivity index (χ0v) is 16.0. The van der Waals surface area contributed by atoms with Crippen LogP contribution in [-0.2, 0) is 6.54 Å². The first-order valence-corrected chi connectivity index (χ1v) is 10.6. The largest absolute Gasteiger partial charge is 0.391 e. The van der Waals surface area contributed by atoms with Gasteiger partial charge >= 0.3 is 0 Å². The first kappa shape index (κ1) is 17.1. The lowest BCUT2D eigenvalue weighted by Crippen LogP contribution is -2.45. The molecule has 1 aliphatic heterocycles. The van der Waals surface area contributed by atoms with Gasteiger partial charge in [-0.3, -0.25) is 4.90 Å². The molecule has 0 radical (unpaired) electrons. The molecule has 0 bridgehead atoms. The van der Waals surface area contributed by atoms with Gasteiger partial charge in [0.15, 0.2) is 0 Å². The van der Waals surface area contributed by atoms with E-state index >= 15 is 0 Å². The first-order chi connectivity index (χ1) is 13.3. The molecule has 1 saturated heterocycles. The molecular weight excluding hydrogens is 356 g/mol. The van der Waals surface area contributed by atoms with Crippen molar-refractivity contribution < 1.29 is 5.11 Å². The number of nitrogens with zero attached hydrogens (tertiary/aromatic N) is 4. The third-order valence-electron chi connectivity index (χ3n) is 5.76. The number of likely N-dealkylation sites (tertiary alicyclic amines) is 1. The second-order valence-corrected chi connectivity index (χ2v) is 8.74. The maximum Gasteiger partial charge on any atom is 0.0923 e. The number of aliphatic hydroxyl groups excluding tert-OH is 1. The van der Waals surface area contributed by atoms with Crippen LogP contribution < -0.4 is 0 Å². The van der Waals surface area contributed by atoms with Crippen LogP contribution in [0, 0.1) is 0 Å². The van der Waals surface area contributed by atoms with Crippen LogP contribution >= 0.6 is 11.3 Å². The topological polar surface area (TPSA) is 54.2 Å². The van der Waals surface area contributed by atoms with Crippen molar-refractivity contribution in [3.8, 4) is 0 Å². The van der Waals surface area contributed by atoms with E-state index in [4.69, 9.17) is 0 Å². The maximum absolute atomic E-state index is 10.9. The molecule has 3 aromatic rings. The summed E-state index contributed by atoms with van der Waals surface area (Å²) in [5.41, 5.74) is 2.35. The minimum atomic E-state index is -0.427. The van der Waals surface area contributed by atoms with Gasteiger partial charge in [-0.1, -0.05) is 41.6 Å². The van der Waals surface area contributed by atoms with Crippen molar-refractivity contribution in [2.45, 2.75) is 49.9 Å². The molecule has 3 heterocycles. The van der Waals surface area contributed by atoms with E-state index in [9.17, 15) is 5.11 Å². The Hall–Kier alpha value is -2.02. The number of benzene rings is 1. The summed E-state index contributed by atoms with van der Waals surface area (Å²) < 4.78 is 1.90. The fourth-order valence-electron chi connectivity index (χ4n) is 4.10. The van der Waals surface area contributed by atoms with Crippen LogP contribution in [-0.4, -0.2) is 37.6 Å². The van der Waals surface area contributed by atoms with Gasteiger partial charge in [0.25, 0.3) is 0 Å². The number of thiophene rings is 1. The number of hydrogen-bond acceptors (Lipinski definition) is 5. The SMILES string of the molecule is O[C@@H]1C[C@H](c2ccccc2)N(Cc2cccs2)C[C@@H]1n1cc(C2CC2)nn1. The maximum atomic E-state index is 10.9. The lowest BCUT2D eigenvalue weighted by molar-refractivity contribution is -0.0105. The second kappa shape index (κ2) is 7.19. The summed E-state index contributed by atoms with van der Waals surface area (Å²) in [7, 11) is 0. The monoisotopic (exact) mass is 380 g/mol. The molecule has 0 spiro atoms. The van der Waals surface area contributed by atoms with Gasteiger partial charge in [0.2, 0.25) is 0 Å². The number of aromatic nitrogens is 3. The Kier molecular flexibility index (Phi) is 4.55. The van der Waals surface area contributed by atoms with Crippen LogP contribution in [0.3, 0.4) is 0 Å². The standard InChI is InChI=1S/C21H24N4OS/c26-21-11-19(16-5-2-1-3-6-16)24(12-17-7-4-10-27-17)14-20(21)25-13-18(22-23-25)15-8-9-15/h1-7,10,13,15,19-21,26H,8-9,11-12,14H2/t19-,20+,21-/m1/s1. The van der Waals surface area contributed by atoms with Crippen molar-refractivity contribution >= 4 is 11.3 Å². The second-order valence-electron chi connectivity index (χ2n) is 7.70. The Balaban J connectivity index is 1.42. The van der Waals surface area contributed by atoms with E-state index in [1.807, 2.05) is 10.7 Å². The molecule has 3 atom stereocenters. The third-order valence-corrected chi connectivity index (χ3v) is 6.62. The highest BCUT2D eigenvalue weighted by molar-refractivity contribution is 7.09. The van der Waals surface area contributed by atoms with E-state index in [0.29, 0.717) is 12.3 Å². The van der Waals surface area contributed by atoms with Crippen molar-refractivity contribution in [3.05, 3.63) is 70.2 Å². The normalized spacial score (nSPS) is 26.3. The minimum Gasteiger partial charge on any atom is -0.391 e. The molecule has 0 amide bonds. The lowest BCUT2D eigenvalue weighted by atomic mass is 9.90.